The van der Waals surface area contributed by atoms with Gasteiger partial charge in [0, 0.05) is 7.89 Å². The Kier molecular flexibility index (Phi) is 0.601. The van der Waals surface area contributed by atoms with Crippen LogP contribution >= 0.6 is 0 Å². The second-order valence-corrected chi connectivity index (χ2v) is 1.50. The molecule has 2 nitrogen and oxygen atoms in total. The molecule has 3 unspecified atom stereocenters. The lowest BCUT2D eigenvalue weighted by molar-refractivity contribution is 0.381. The van der Waals surface area contributed by atoms with Gasteiger partial charge in [0.1, 0.15) is 0 Å². The van der Waals surface area contributed by atoms with Crippen LogP contribution in [-0.4, -0.2) is 18.7 Å². The molecule has 1 saturated heterocycles. The maximum Gasteiger partial charge on any atom is 0.0960 e. The van der Waals surface area contributed by atoms with Crippen molar-refractivity contribution >= 4 is 0 Å². The molecule has 36 valence electrons. The van der Waals surface area contributed by atoms with E-state index >= 15 is 0 Å². The van der Waals surface area contributed by atoms with Crippen molar-refractivity contribution in [3.8, 4) is 0 Å². The number of epoxide rings is 1. The number of hydrogen-bond donors (Lipinski definition) is 1. The minimum atomic E-state index is -0.532. The summed E-state index contributed by atoms with van der Waals surface area (Å²) in [7, 11) is 0. The molecule has 0 amide bonds. The Hall–Kier alpha value is -0.0800. The molecule has 2 N–H and O–H groups in total. The third-order valence-corrected chi connectivity index (χ3v) is 0.948. The summed E-state index contributed by atoms with van der Waals surface area (Å²) in [5.74, 6) is 0. The van der Waals surface area contributed by atoms with E-state index in [1.807, 2.05) is 6.92 Å². The Bertz CT molecular complexity index is 76.1. The van der Waals surface area contributed by atoms with E-state index in [1.165, 1.54) is 0 Å². The van der Waals surface area contributed by atoms with Crippen LogP contribution in [0.4, 0.5) is 0 Å². The summed E-state index contributed by atoms with van der Waals surface area (Å²) >= 11 is 0. The number of nitrogens with two attached hydrogens (primary N) is 1. The molecule has 0 aromatic carbocycles. The normalized spacial score (nSPS) is 50.7. The highest BCUT2D eigenvalue weighted by atomic mass is 16.6. The van der Waals surface area contributed by atoms with Gasteiger partial charge in [0.05, 0.1) is 12.2 Å². The van der Waals surface area contributed by atoms with E-state index in [0.29, 0.717) is 0 Å². The Morgan fingerprint density at radius 1 is 2.17 bits per heavy atom. The minimum absolute atomic E-state index is 0.0139. The van der Waals surface area contributed by atoms with Crippen LogP contribution in [0.1, 0.15) is 8.29 Å². The Balaban J connectivity index is 2.20. The topological polar surface area (TPSA) is 38.5 Å². The van der Waals surface area contributed by atoms with Crippen molar-refractivity contribution < 1.29 is 6.11 Å². The van der Waals surface area contributed by atoms with Crippen molar-refractivity contribution in [3.05, 3.63) is 0 Å². The first-order chi connectivity index (χ1) is 3.22. The second-order valence-electron chi connectivity index (χ2n) is 1.50. The smallest absolute Gasteiger partial charge is 0.0960 e. The van der Waals surface area contributed by atoms with Gasteiger partial charge in [-0.3, -0.25) is 0 Å². The van der Waals surface area contributed by atoms with Crippen molar-refractivity contribution in [1.29, 1.82) is 0 Å². The number of rotatable bonds is 1. The van der Waals surface area contributed by atoms with E-state index in [1.54, 1.807) is 0 Å². The Labute approximate surface area is 38.7 Å². The maximum absolute atomic E-state index is 6.88. The average molecular weight is 88.1 g/mol. The fourth-order valence-corrected chi connectivity index (χ4v) is 0.404. The zero-order valence-corrected chi connectivity index (χ0v) is 3.72. The van der Waals surface area contributed by atoms with Crippen molar-refractivity contribution in [2.75, 3.05) is 6.52 Å². The number of hydrogen-bond acceptors (Lipinski definition) is 2. The molecule has 0 bridgehead atoms. The Morgan fingerprint density at radius 2 is 2.67 bits per heavy atom. The average Bonchev–Trinajstić information content (AvgIpc) is 2.17. The third-order valence-electron chi connectivity index (χ3n) is 0.948. The van der Waals surface area contributed by atoms with Crippen LogP contribution < -0.4 is 5.73 Å². The highest BCUT2D eigenvalue weighted by molar-refractivity contribution is 4.80. The molecule has 0 aromatic rings. The van der Waals surface area contributed by atoms with Gasteiger partial charge in [0.15, 0.2) is 0 Å². The molecule has 3 atom stereocenters. The maximum atomic E-state index is 6.88. The summed E-state index contributed by atoms with van der Waals surface area (Å²) in [5.41, 5.74) is 5.13. The molecule has 0 aliphatic carbocycles. The van der Waals surface area contributed by atoms with Gasteiger partial charge >= 0.3 is 0 Å². The first-order valence-electron chi connectivity index (χ1n) is 2.63. The lowest BCUT2D eigenvalue weighted by Crippen LogP contribution is -2.07. The van der Waals surface area contributed by atoms with Crippen LogP contribution in [0.3, 0.4) is 0 Å². The lowest BCUT2D eigenvalue weighted by Gasteiger charge is -1.73. The van der Waals surface area contributed by atoms with E-state index in [0.717, 1.165) is 0 Å². The SMILES string of the molecule is [2H]C(N)C1OC1C. The van der Waals surface area contributed by atoms with Gasteiger partial charge in [0.2, 0.25) is 0 Å². The highest BCUT2D eigenvalue weighted by Gasteiger charge is 2.31. The van der Waals surface area contributed by atoms with Gasteiger partial charge in [-0.1, -0.05) is 0 Å². The minimum Gasteiger partial charge on any atom is -0.369 e. The summed E-state index contributed by atoms with van der Waals surface area (Å²) in [5, 5.41) is 0. The predicted molar refractivity (Wildman–Crippen MR) is 23.4 cm³/mol. The zero-order chi connectivity index (χ0) is 5.44. The molecule has 1 aliphatic heterocycles. The third kappa shape index (κ3) is 0.533. The van der Waals surface area contributed by atoms with E-state index in [-0.39, 0.29) is 12.2 Å². The molecule has 0 spiro atoms. The van der Waals surface area contributed by atoms with Crippen molar-refractivity contribution in [1.82, 2.24) is 0 Å². The molecular formula is C4H9NO. The molecule has 0 saturated carbocycles. The Morgan fingerprint density at radius 3 is 2.67 bits per heavy atom. The molecule has 6 heavy (non-hydrogen) atoms. The van der Waals surface area contributed by atoms with Crippen LogP contribution in [0.15, 0.2) is 0 Å². The van der Waals surface area contributed by atoms with Gasteiger partial charge in [-0.15, -0.1) is 0 Å². The van der Waals surface area contributed by atoms with E-state index < -0.39 is 6.52 Å². The predicted octanol–water partition coefficient (Wildman–Crippen LogP) is -0.268. The van der Waals surface area contributed by atoms with Crippen molar-refractivity contribution in [3.63, 3.8) is 0 Å². The second kappa shape index (κ2) is 1.21. The molecule has 1 rings (SSSR count). The van der Waals surface area contributed by atoms with Crippen LogP contribution in [0.25, 0.3) is 0 Å². The van der Waals surface area contributed by atoms with E-state index in [9.17, 15) is 0 Å². The molecule has 0 radical (unpaired) electrons. The van der Waals surface area contributed by atoms with E-state index in [4.69, 9.17) is 11.8 Å². The highest BCUT2D eigenvalue weighted by Crippen LogP contribution is 2.18. The van der Waals surface area contributed by atoms with Crippen molar-refractivity contribution in [2.24, 2.45) is 5.73 Å². The van der Waals surface area contributed by atoms with Gasteiger partial charge in [-0.25, -0.2) is 0 Å². The monoisotopic (exact) mass is 88.1 g/mol. The quantitative estimate of drug-likeness (QED) is 0.448. The van der Waals surface area contributed by atoms with Gasteiger partial charge in [-0.05, 0) is 6.92 Å². The number of ether oxygens (including phenoxy) is 1. The van der Waals surface area contributed by atoms with Crippen molar-refractivity contribution in [2.45, 2.75) is 19.1 Å². The van der Waals surface area contributed by atoms with E-state index in [2.05, 4.69) is 0 Å². The van der Waals surface area contributed by atoms with Gasteiger partial charge in [0.25, 0.3) is 0 Å². The first kappa shape index (κ1) is 2.99. The molecule has 1 aliphatic rings. The van der Waals surface area contributed by atoms with Crippen LogP contribution in [-0.2, 0) is 4.74 Å². The standard InChI is InChI=1S/C4H9NO/c1-3-4(2-5)6-3/h3-4H,2,5H2,1H3/i2D. The fourth-order valence-electron chi connectivity index (χ4n) is 0.404. The fraction of sp³-hybridized carbons (Fsp3) is 1.00. The summed E-state index contributed by atoms with van der Waals surface area (Å²) in [4.78, 5) is 0. The van der Waals surface area contributed by atoms with Gasteiger partial charge in [-0.2, -0.15) is 0 Å². The molecule has 0 aromatic heterocycles. The zero-order valence-electron chi connectivity index (χ0n) is 4.72. The molecule has 1 fully saturated rings. The summed E-state index contributed by atoms with van der Waals surface area (Å²) in [6.45, 7) is 1.38. The van der Waals surface area contributed by atoms with Crippen LogP contribution in [0.2, 0.25) is 0 Å². The largest absolute Gasteiger partial charge is 0.369 e. The lowest BCUT2D eigenvalue weighted by atomic mass is 10.3. The molecule has 2 heteroatoms. The summed E-state index contributed by atoms with van der Waals surface area (Å²) in [6.07, 6.45) is 0.243. The molecular weight excluding hydrogens is 78.0 g/mol. The van der Waals surface area contributed by atoms with Crippen LogP contribution in [0.5, 0.6) is 0 Å². The van der Waals surface area contributed by atoms with Crippen LogP contribution in [0, 0.1) is 0 Å². The van der Waals surface area contributed by atoms with Gasteiger partial charge < -0.3 is 10.5 Å². The summed E-state index contributed by atoms with van der Waals surface area (Å²) in [6, 6.07) is 0. The molecule has 1 heterocycles. The summed E-state index contributed by atoms with van der Waals surface area (Å²) < 4.78 is 11.7. The first-order valence-corrected chi connectivity index (χ1v) is 2.05.